The van der Waals surface area contributed by atoms with Crippen LogP contribution in [0.3, 0.4) is 0 Å². The summed E-state index contributed by atoms with van der Waals surface area (Å²) in [5.41, 5.74) is 1.67. The number of hydrogen-bond acceptors (Lipinski definition) is 4. The zero-order chi connectivity index (χ0) is 19.7. The Bertz CT molecular complexity index is 867. The number of anilines is 1. The first-order chi connectivity index (χ1) is 12.9. The molecule has 0 unspecified atom stereocenters. The Morgan fingerprint density at radius 2 is 1.70 bits per heavy atom. The molecule has 2 aromatic carbocycles. The lowest BCUT2D eigenvalue weighted by Gasteiger charge is -2.10. The molecule has 0 atom stereocenters. The van der Waals surface area contributed by atoms with Crippen molar-refractivity contribution in [2.75, 3.05) is 11.9 Å². The van der Waals surface area contributed by atoms with Gasteiger partial charge in [0.15, 0.2) is 5.11 Å². The van der Waals surface area contributed by atoms with Crippen LogP contribution in [0.25, 0.3) is 0 Å². The lowest BCUT2D eigenvalue weighted by molar-refractivity contribution is -0.119. The maximum absolute atomic E-state index is 12.4. The maximum Gasteiger partial charge on any atom is 0.240 e. The number of thiocarbonyl (C=S) groups is 1. The monoisotopic (exact) mass is 405 g/mol. The molecule has 1 amide bonds. The molecule has 0 saturated heterocycles. The molecule has 6 nitrogen and oxygen atoms in total. The summed E-state index contributed by atoms with van der Waals surface area (Å²) in [4.78, 5) is 11.7. The highest BCUT2D eigenvalue weighted by molar-refractivity contribution is 7.89. The average Bonchev–Trinajstić information content (AvgIpc) is 2.63. The van der Waals surface area contributed by atoms with Crippen molar-refractivity contribution in [3.8, 4) is 0 Å². The van der Waals surface area contributed by atoms with E-state index in [-0.39, 0.29) is 15.9 Å². The normalized spacial score (nSPS) is 11.0. The molecule has 144 valence electrons. The summed E-state index contributed by atoms with van der Waals surface area (Å²) in [5, 5.41) is 5.61. The fourth-order valence-electron chi connectivity index (χ4n) is 2.35. The highest BCUT2D eigenvalue weighted by Crippen LogP contribution is 2.14. The largest absolute Gasteiger partial charge is 0.332 e. The van der Waals surface area contributed by atoms with E-state index >= 15 is 0 Å². The van der Waals surface area contributed by atoms with E-state index in [4.69, 9.17) is 12.2 Å². The summed E-state index contributed by atoms with van der Waals surface area (Å²) in [6.45, 7) is 2.23. The van der Waals surface area contributed by atoms with Crippen molar-refractivity contribution in [3.63, 3.8) is 0 Å². The van der Waals surface area contributed by atoms with Gasteiger partial charge in [-0.2, -0.15) is 0 Å². The predicted octanol–water partition coefficient (Wildman–Crippen LogP) is 2.82. The summed E-state index contributed by atoms with van der Waals surface area (Å²) in [6, 6.07) is 15.9. The molecule has 27 heavy (non-hydrogen) atoms. The highest BCUT2D eigenvalue weighted by Gasteiger charge is 2.13. The topological polar surface area (TPSA) is 87.3 Å². The second-order valence-corrected chi connectivity index (χ2v) is 8.09. The van der Waals surface area contributed by atoms with E-state index in [0.29, 0.717) is 25.1 Å². The van der Waals surface area contributed by atoms with Crippen LogP contribution in [0, 0.1) is 0 Å². The molecule has 0 spiro atoms. The van der Waals surface area contributed by atoms with Crippen molar-refractivity contribution in [3.05, 3.63) is 60.2 Å². The highest BCUT2D eigenvalue weighted by atomic mass is 32.2. The summed E-state index contributed by atoms with van der Waals surface area (Å²) >= 11 is 5.06. The number of carbonyl (C=O) groups excluding carboxylic acids is 1. The Hall–Kier alpha value is -2.29. The SMILES string of the molecule is CCCC(=O)NC(=S)Nc1ccc(S(=O)(=O)NCCc2ccccc2)cc1. The van der Waals surface area contributed by atoms with Gasteiger partial charge in [-0.1, -0.05) is 37.3 Å². The van der Waals surface area contributed by atoms with Crippen molar-refractivity contribution in [1.82, 2.24) is 10.0 Å². The van der Waals surface area contributed by atoms with Gasteiger partial charge in [0, 0.05) is 18.7 Å². The van der Waals surface area contributed by atoms with Crippen LogP contribution in [0.4, 0.5) is 5.69 Å². The standard InChI is InChI=1S/C19H23N3O3S2/c1-2-6-18(23)22-19(26)21-16-9-11-17(12-10-16)27(24,25)20-14-13-15-7-4-3-5-8-15/h3-5,7-12,20H,2,6,13-14H2,1H3,(H2,21,22,23,26). The van der Waals surface area contributed by atoms with Crippen molar-refractivity contribution < 1.29 is 13.2 Å². The van der Waals surface area contributed by atoms with Crippen molar-refractivity contribution in [2.24, 2.45) is 0 Å². The number of rotatable bonds is 8. The second kappa shape index (κ2) is 10.1. The van der Waals surface area contributed by atoms with E-state index in [1.54, 1.807) is 12.1 Å². The first-order valence-electron chi connectivity index (χ1n) is 8.65. The van der Waals surface area contributed by atoms with Gasteiger partial charge in [-0.3, -0.25) is 4.79 Å². The van der Waals surface area contributed by atoms with Crippen molar-refractivity contribution in [1.29, 1.82) is 0 Å². The minimum atomic E-state index is -3.58. The van der Waals surface area contributed by atoms with E-state index in [1.807, 2.05) is 37.3 Å². The van der Waals surface area contributed by atoms with E-state index < -0.39 is 10.0 Å². The van der Waals surface area contributed by atoms with Crippen LogP contribution in [0.15, 0.2) is 59.5 Å². The van der Waals surface area contributed by atoms with Crippen LogP contribution in [0.2, 0.25) is 0 Å². The molecular weight excluding hydrogens is 382 g/mol. The summed E-state index contributed by atoms with van der Waals surface area (Å²) in [6.07, 6.45) is 1.75. The first kappa shape index (κ1) is 21.0. The predicted molar refractivity (Wildman–Crippen MR) is 111 cm³/mol. The quantitative estimate of drug-likeness (QED) is 0.588. The Morgan fingerprint density at radius 1 is 1.04 bits per heavy atom. The number of carbonyl (C=O) groups is 1. The molecule has 0 aromatic heterocycles. The smallest absolute Gasteiger partial charge is 0.240 e. The van der Waals surface area contributed by atoms with Gasteiger partial charge in [-0.05, 0) is 54.9 Å². The number of hydrogen-bond donors (Lipinski definition) is 3. The van der Waals surface area contributed by atoms with Gasteiger partial charge < -0.3 is 10.6 Å². The van der Waals surface area contributed by atoms with Crippen LogP contribution in [0.5, 0.6) is 0 Å². The molecule has 0 fully saturated rings. The van der Waals surface area contributed by atoms with Crippen LogP contribution < -0.4 is 15.4 Å². The first-order valence-corrected chi connectivity index (χ1v) is 10.5. The molecule has 3 N–H and O–H groups in total. The number of sulfonamides is 1. The molecule has 2 aromatic rings. The Balaban J connectivity index is 1.89. The van der Waals surface area contributed by atoms with E-state index in [1.165, 1.54) is 12.1 Å². The van der Waals surface area contributed by atoms with Gasteiger partial charge in [0.1, 0.15) is 0 Å². The third-order valence-electron chi connectivity index (χ3n) is 3.70. The third-order valence-corrected chi connectivity index (χ3v) is 5.38. The second-order valence-electron chi connectivity index (χ2n) is 5.91. The Labute approximate surface area is 165 Å². The average molecular weight is 406 g/mol. The molecule has 8 heteroatoms. The fourth-order valence-corrected chi connectivity index (χ4v) is 3.62. The molecular formula is C19H23N3O3S2. The minimum absolute atomic E-state index is 0.156. The zero-order valence-electron chi connectivity index (χ0n) is 15.1. The van der Waals surface area contributed by atoms with E-state index in [0.717, 1.165) is 12.0 Å². The van der Waals surface area contributed by atoms with E-state index in [9.17, 15) is 13.2 Å². The number of amides is 1. The van der Waals surface area contributed by atoms with Gasteiger partial charge in [-0.25, -0.2) is 13.1 Å². The molecule has 0 saturated carbocycles. The molecule has 0 heterocycles. The van der Waals surface area contributed by atoms with Crippen molar-refractivity contribution >= 4 is 38.9 Å². The molecule has 0 bridgehead atoms. The van der Waals surface area contributed by atoms with Gasteiger partial charge in [0.25, 0.3) is 0 Å². The van der Waals surface area contributed by atoms with Crippen LogP contribution in [-0.2, 0) is 21.2 Å². The summed E-state index contributed by atoms with van der Waals surface area (Å²) in [7, 11) is -3.58. The van der Waals surface area contributed by atoms with Crippen LogP contribution in [-0.4, -0.2) is 26.0 Å². The fraction of sp³-hybridized carbons (Fsp3) is 0.263. The maximum atomic E-state index is 12.4. The van der Waals surface area contributed by atoms with E-state index in [2.05, 4.69) is 15.4 Å². The lowest BCUT2D eigenvalue weighted by Crippen LogP contribution is -2.33. The molecule has 0 aliphatic rings. The zero-order valence-corrected chi connectivity index (χ0v) is 16.7. The van der Waals surface area contributed by atoms with Gasteiger partial charge in [0.2, 0.25) is 15.9 Å². The summed E-state index contributed by atoms with van der Waals surface area (Å²) < 4.78 is 27.3. The molecule has 2 rings (SSSR count). The lowest BCUT2D eigenvalue weighted by atomic mass is 10.2. The van der Waals surface area contributed by atoms with Gasteiger partial charge in [0.05, 0.1) is 4.90 Å². The molecule has 0 aliphatic carbocycles. The minimum Gasteiger partial charge on any atom is -0.332 e. The summed E-state index contributed by atoms with van der Waals surface area (Å²) in [5.74, 6) is -0.156. The third kappa shape index (κ3) is 7.09. The van der Waals surface area contributed by atoms with Crippen LogP contribution >= 0.6 is 12.2 Å². The molecule has 0 radical (unpaired) electrons. The Kier molecular flexibility index (Phi) is 7.90. The number of nitrogens with one attached hydrogen (secondary N) is 3. The van der Waals surface area contributed by atoms with Crippen LogP contribution in [0.1, 0.15) is 25.3 Å². The number of benzene rings is 2. The molecule has 0 aliphatic heterocycles. The van der Waals surface area contributed by atoms with Gasteiger partial charge in [-0.15, -0.1) is 0 Å². The van der Waals surface area contributed by atoms with Gasteiger partial charge >= 0.3 is 0 Å². The Morgan fingerprint density at radius 3 is 2.33 bits per heavy atom. The van der Waals surface area contributed by atoms with Crippen molar-refractivity contribution in [2.45, 2.75) is 31.1 Å².